The monoisotopic (exact) mass is 263 g/mol. The van der Waals surface area contributed by atoms with Crippen molar-refractivity contribution in [3.63, 3.8) is 0 Å². The SMILES string of the molecule is CCCCN(C)c1cncc(C(=O)NCC(C)C)c1. The second-order valence-corrected chi connectivity index (χ2v) is 5.31. The third-order valence-electron chi connectivity index (χ3n) is 2.94. The maximum atomic E-state index is 12.0. The van der Waals surface area contributed by atoms with E-state index in [-0.39, 0.29) is 5.91 Å². The molecule has 1 amide bonds. The standard InChI is InChI=1S/C15H25N3O/c1-5-6-7-18(4)14-8-13(10-16-11-14)15(19)17-9-12(2)3/h8,10-12H,5-7,9H2,1-4H3,(H,17,19). The Kier molecular flexibility index (Phi) is 6.33. The van der Waals surface area contributed by atoms with Gasteiger partial charge in [-0.25, -0.2) is 0 Å². The van der Waals surface area contributed by atoms with E-state index < -0.39 is 0 Å². The first-order valence-corrected chi connectivity index (χ1v) is 6.99. The molecule has 1 heterocycles. The number of anilines is 1. The summed E-state index contributed by atoms with van der Waals surface area (Å²) in [6.07, 6.45) is 5.72. The van der Waals surface area contributed by atoms with Crippen molar-refractivity contribution < 1.29 is 4.79 Å². The summed E-state index contributed by atoms with van der Waals surface area (Å²) in [6.45, 7) is 7.99. The van der Waals surface area contributed by atoms with Gasteiger partial charge in [0, 0.05) is 26.3 Å². The molecule has 0 fully saturated rings. The minimum Gasteiger partial charge on any atom is -0.373 e. The summed E-state index contributed by atoms with van der Waals surface area (Å²) in [6, 6.07) is 1.90. The Hall–Kier alpha value is -1.58. The summed E-state index contributed by atoms with van der Waals surface area (Å²) in [5.74, 6) is 0.402. The Morgan fingerprint density at radius 2 is 2.16 bits per heavy atom. The van der Waals surface area contributed by atoms with Crippen LogP contribution in [0.15, 0.2) is 18.5 Å². The van der Waals surface area contributed by atoms with E-state index in [1.165, 1.54) is 0 Å². The lowest BCUT2D eigenvalue weighted by atomic mass is 10.2. The smallest absolute Gasteiger partial charge is 0.252 e. The molecule has 106 valence electrons. The largest absolute Gasteiger partial charge is 0.373 e. The van der Waals surface area contributed by atoms with Crippen molar-refractivity contribution in [2.75, 3.05) is 25.0 Å². The van der Waals surface area contributed by atoms with Crippen molar-refractivity contribution in [1.82, 2.24) is 10.3 Å². The van der Waals surface area contributed by atoms with Crippen LogP contribution in [0, 0.1) is 5.92 Å². The van der Waals surface area contributed by atoms with E-state index in [9.17, 15) is 4.79 Å². The number of amides is 1. The summed E-state index contributed by atoms with van der Waals surface area (Å²) in [4.78, 5) is 18.3. The van der Waals surface area contributed by atoms with Crippen LogP contribution in [0.5, 0.6) is 0 Å². The molecule has 0 atom stereocenters. The summed E-state index contributed by atoms with van der Waals surface area (Å²) in [7, 11) is 2.03. The summed E-state index contributed by atoms with van der Waals surface area (Å²) < 4.78 is 0. The Morgan fingerprint density at radius 1 is 1.42 bits per heavy atom. The fourth-order valence-corrected chi connectivity index (χ4v) is 1.68. The second-order valence-electron chi connectivity index (χ2n) is 5.31. The van der Waals surface area contributed by atoms with Crippen LogP contribution in [0.1, 0.15) is 44.0 Å². The van der Waals surface area contributed by atoms with Gasteiger partial charge in [-0.05, 0) is 18.4 Å². The number of unbranched alkanes of at least 4 members (excludes halogenated alkanes) is 1. The Balaban J connectivity index is 2.68. The van der Waals surface area contributed by atoms with Crippen LogP contribution in [0.2, 0.25) is 0 Å². The molecule has 0 radical (unpaired) electrons. The van der Waals surface area contributed by atoms with Gasteiger partial charge in [0.25, 0.3) is 5.91 Å². The number of pyridine rings is 1. The zero-order valence-corrected chi connectivity index (χ0v) is 12.4. The van der Waals surface area contributed by atoms with Gasteiger partial charge in [-0.15, -0.1) is 0 Å². The van der Waals surface area contributed by atoms with Crippen molar-refractivity contribution in [2.24, 2.45) is 5.92 Å². The minimum absolute atomic E-state index is 0.0491. The first kappa shape index (κ1) is 15.5. The molecule has 0 bridgehead atoms. The van der Waals surface area contributed by atoms with Crippen molar-refractivity contribution >= 4 is 11.6 Å². The highest BCUT2D eigenvalue weighted by molar-refractivity contribution is 5.94. The number of carbonyl (C=O) groups is 1. The second kappa shape index (κ2) is 7.77. The number of nitrogens with zero attached hydrogens (tertiary/aromatic N) is 2. The van der Waals surface area contributed by atoms with Crippen LogP contribution in [0.25, 0.3) is 0 Å². The van der Waals surface area contributed by atoms with Crippen molar-refractivity contribution in [2.45, 2.75) is 33.6 Å². The predicted octanol–water partition coefficient (Wildman–Crippen LogP) is 2.70. The van der Waals surface area contributed by atoms with E-state index in [0.717, 1.165) is 25.1 Å². The highest BCUT2D eigenvalue weighted by Crippen LogP contribution is 2.13. The topological polar surface area (TPSA) is 45.2 Å². The molecule has 0 spiro atoms. The first-order valence-electron chi connectivity index (χ1n) is 6.99. The van der Waals surface area contributed by atoms with Crippen molar-refractivity contribution in [1.29, 1.82) is 0 Å². The van der Waals surface area contributed by atoms with E-state index in [1.54, 1.807) is 12.4 Å². The summed E-state index contributed by atoms with van der Waals surface area (Å²) in [5.41, 5.74) is 1.62. The molecule has 1 N–H and O–H groups in total. The molecule has 4 heteroatoms. The number of hydrogen-bond acceptors (Lipinski definition) is 3. The Morgan fingerprint density at radius 3 is 2.79 bits per heavy atom. The summed E-state index contributed by atoms with van der Waals surface area (Å²) in [5, 5.41) is 2.91. The zero-order chi connectivity index (χ0) is 14.3. The average Bonchev–Trinajstić information content (AvgIpc) is 2.42. The van der Waals surface area contributed by atoms with E-state index in [2.05, 4.69) is 36.0 Å². The van der Waals surface area contributed by atoms with Gasteiger partial charge in [-0.3, -0.25) is 9.78 Å². The van der Waals surface area contributed by atoms with Crippen LogP contribution in [0.4, 0.5) is 5.69 Å². The fourth-order valence-electron chi connectivity index (χ4n) is 1.68. The van der Waals surface area contributed by atoms with E-state index in [0.29, 0.717) is 18.0 Å². The molecular formula is C15H25N3O. The Labute approximate surface area is 116 Å². The van der Waals surface area contributed by atoms with Crippen LogP contribution < -0.4 is 10.2 Å². The van der Waals surface area contributed by atoms with E-state index >= 15 is 0 Å². The number of nitrogens with one attached hydrogen (secondary N) is 1. The fraction of sp³-hybridized carbons (Fsp3) is 0.600. The third-order valence-corrected chi connectivity index (χ3v) is 2.94. The molecule has 0 unspecified atom stereocenters. The lowest BCUT2D eigenvalue weighted by Crippen LogP contribution is -2.27. The van der Waals surface area contributed by atoms with Crippen LogP contribution in [-0.2, 0) is 0 Å². The predicted molar refractivity (Wildman–Crippen MR) is 79.6 cm³/mol. The third kappa shape index (κ3) is 5.28. The normalized spacial score (nSPS) is 10.6. The van der Waals surface area contributed by atoms with Gasteiger partial charge in [0.05, 0.1) is 17.4 Å². The minimum atomic E-state index is -0.0491. The number of rotatable bonds is 7. The van der Waals surface area contributed by atoms with Crippen LogP contribution >= 0.6 is 0 Å². The molecule has 1 aromatic heterocycles. The molecule has 1 aromatic rings. The van der Waals surface area contributed by atoms with Crippen LogP contribution in [-0.4, -0.2) is 31.0 Å². The molecule has 19 heavy (non-hydrogen) atoms. The lowest BCUT2D eigenvalue weighted by molar-refractivity contribution is 0.0948. The van der Waals surface area contributed by atoms with Gasteiger partial charge in [0.15, 0.2) is 0 Å². The van der Waals surface area contributed by atoms with Gasteiger partial charge < -0.3 is 10.2 Å². The van der Waals surface area contributed by atoms with Crippen molar-refractivity contribution in [3.05, 3.63) is 24.0 Å². The molecule has 0 saturated carbocycles. The molecule has 0 saturated heterocycles. The number of aromatic nitrogens is 1. The van der Waals surface area contributed by atoms with Gasteiger partial charge >= 0.3 is 0 Å². The van der Waals surface area contributed by atoms with Gasteiger partial charge in [0.2, 0.25) is 0 Å². The quantitative estimate of drug-likeness (QED) is 0.822. The molecular weight excluding hydrogens is 238 g/mol. The molecule has 0 aromatic carbocycles. The highest BCUT2D eigenvalue weighted by atomic mass is 16.1. The molecule has 0 aliphatic heterocycles. The van der Waals surface area contributed by atoms with E-state index in [4.69, 9.17) is 0 Å². The zero-order valence-electron chi connectivity index (χ0n) is 12.4. The van der Waals surface area contributed by atoms with Gasteiger partial charge in [-0.2, -0.15) is 0 Å². The average molecular weight is 263 g/mol. The van der Waals surface area contributed by atoms with Crippen molar-refractivity contribution in [3.8, 4) is 0 Å². The maximum Gasteiger partial charge on any atom is 0.252 e. The highest BCUT2D eigenvalue weighted by Gasteiger charge is 2.09. The first-order chi connectivity index (χ1) is 9.04. The molecule has 0 aliphatic carbocycles. The maximum absolute atomic E-state index is 12.0. The van der Waals surface area contributed by atoms with E-state index in [1.807, 2.05) is 13.1 Å². The van der Waals surface area contributed by atoms with Crippen LogP contribution in [0.3, 0.4) is 0 Å². The lowest BCUT2D eigenvalue weighted by Gasteiger charge is -2.19. The Bertz CT molecular complexity index is 404. The van der Waals surface area contributed by atoms with Gasteiger partial charge in [0.1, 0.15) is 0 Å². The number of hydrogen-bond donors (Lipinski definition) is 1. The molecule has 0 aliphatic rings. The van der Waals surface area contributed by atoms with Gasteiger partial charge in [-0.1, -0.05) is 27.2 Å². The molecule has 4 nitrogen and oxygen atoms in total. The summed E-state index contributed by atoms with van der Waals surface area (Å²) >= 11 is 0. The molecule has 1 rings (SSSR count). The number of carbonyl (C=O) groups excluding carboxylic acids is 1.